The summed E-state index contributed by atoms with van der Waals surface area (Å²) in [5, 5.41) is 3.05. The van der Waals surface area contributed by atoms with Crippen LogP contribution < -0.4 is 5.32 Å². The second-order valence-electron chi connectivity index (χ2n) is 3.21. The molecule has 0 aromatic carbocycles. The molecule has 1 N–H and O–H groups in total. The van der Waals surface area contributed by atoms with Crippen LogP contribution in [0.5, 0.6) is 0 Å². The number of aromatic nitrogens is 2. The zero-order valence-corrected chi connectivity index (χ0v) is 8.83. The topological polar surface area (TPSA) is 37.8 Å². The van der Waals surface area contributed by atoms with E-state index in [1.54, 1.807) is 0 Å². The molecular weight excluding hydrogens is 174 g/mol. The van der Waals surface area contributed by atoms with Gasteiger partial charge in [-0.15, -0.1) is 6.42 Å². The SMILES string of the molecule is C#CC(C)Nc1nc(C)cc(CC)n1. The molecule has 0 saturated carbocycles. The Morgan fingerprint density at radius 1 is 1.57 bits per heavy atom. The number of anilines is 1. The minimum Gasteiger partial charge on any atom is -0.341 e. The maximum atomic E-state index is 5.26. The Bertz CT molecular complexity index is 352. The summed E-state index contributed by atoms with van der Waals surface area (Å²) >= 11 is 0. The fourth-order valence-electron chi connectivity index (χ4n) is 1.11. The summed E-state index contributed by atoms with van der Waals surface area (Å²) in [6.07, 6.45) is 6.17. The first kappa shape index (κ1) is 10.5. The highest BCUT2D eigenvalue weighted by atomic mass is 15.1. The van der Waals surface area contributed by atoms with Crippen LogP contribution in [0.2, 0.25) is 0 Å². The Labute approximate surface area is 85.0 Å². The number of hydrogen-bond acceptors (Lipinski definition) is 3. The van der Waals surface area contributed by atoms with Gasteiger partial charge in [-0.25, -0.2) is 9.97 Å². The van der Waals surface area contributed by atoms with Crippen LogP contribution in [0, 0.1) is 19.3 Å². The van der Waals surface area contributed by atoms with Crippen molar-refractivity contribution in [2.45, 2.75) is 33.2 Å². The molecule has 14 heavy (non-hydrogen) atoms. The van der Waals surface area contributed by atoms with Gasteiger partial charge in [-0.05, 0) is 26.3 Å². The third-order valence-corrected chi connectivity index (χ3v) is 1.87. The molecule has 3 nitrogen and oxygen atoms in total. The molecule has 0 aliphatic heterocycles. The molecule has 1 aromatic heterocycles. The van der Waals surface area contributed by atoms with Crippen molar-refractivity contribution in [1.82, 2.24) is 9.97 Å². The maximum absolute atomic E-state index is 5.26. The quantitative estimate of drug-likeness (QED) is 0.736. The van der Waals surface area contributed by atoms with Crippen molar-refractivity contribution in [1.29, 1.82) is 0 Å². The van der Waals surface area contributed by atoms with Gasteiger partial charge >= 0.3 is 0 Å². The lowest BCUT2D eigenvalue weighted by Gasteiger charge is -2.09. The van der Waals surface area contributed by atoms with Gasteiger partial charge in [-0.1, -0.05) is 12.8 Å². The predicted molar refractivity (Wildman–Crippen MR) is 58.1 cm³/mol. The maximum Gasteiger partial charge on any atom is 0.224 e. The molecule has 1 unspecified atom stereocenters. The Balaban J connectivity index is 2.87. The summed E-state index contributed by atoms with van der Waals surface area (Å²) in [5.74, 6) is 3.20. The van der Waals surface area contributed by atoms with Crippen LogP contribution in [-0.4, -0.2) is 16.0 Å². The van der Waals surface area contributed by atoms with Crippen molar-refractivity contribution in [2.75, 3.05) is 5.32 Å². The van der Waals surface area contributed by atoms with Gasteiger partial charge in [0.15, 0.2) is 0 Å². The summed E-state index contributed by atoms with van der Waals surface area (Å²) in [4.78, 5) is 8.57. The smallest absolute Gasteiger partial charge is 0.224 e. The Hall–Kier alpha value is -1.56. The standard InChI is InChI=1S/C11H15N3/c1-5-8(3)12-11-13-9(4)7-10(6-2)14-11/h1,7-8H,6H2,2-4H3,(H,12,13,14). The molecule has 1 atom stereocenters. The summed E-state index contributed by atoms with van der Waals surface area (Å²) in [5.41, 5.74) is 1.99. The van der Waals surface area contributed by atoms with Crippen LogP contribution in [-0.2, 0) is 6.42 Å². The molecule has 0 radical (unpaired) electrons. The van der Waals surface area contributed by atoms with Gasteiger partial charge in [0.25, 0.3) is 0 Å². The van der Waals surface area contributed by atoms with E-state index < -0.39 is 0 Å². The molecule has 1 rings (SSSR count). The lowest BCUT2D eigenvalue weighted by atomic mass is 10.3. The van der Waals surface area contributed by atoms with Gasteiger partial charge < -0.3 is 5.32 Å². The summed E-state index contributed by atoms with van der Waals surface area (Å²) < 4.78 is 0. The van der Waals surface area contributed by atoms with Crippen LogP contribution in [0.4, 0.5) is 5.95 Å². The second-order valence-corrected chi connectivity index (χ2v) is 3.21. The summed E-state index contributed by atoms with van der Waals surface area (Å²) in [6.45, 7) is 5.92. The molecule has 1 heterocycles. The molecule has 3 heteroatoms. The van der Waals surface area contributed by atoms with Crippen molar-refractivity contribution in [2.24, 2.45) is 0 Å². The van der Waals surface area contributed by atoms with Gasteiger partial charge in [0.2, 0.25) is 5.95 Å². The van der Waals surface area contributed by atoms with Gasteiger partial charge in [0.1, 0.15) is 0 Å². The van der Waals surface area contributed by atoms with Crippen molar-refractivity contribution in [3.8, 4) is 12.3 Å². The van der Waals surface area contributed by atoms with Gasteiger partial charge in [0.05, 0.1) is 6.04 Å². The first-order valence-electron chi connectivity index (χ1n) is 4.73. The van der Waals surface area contributed by atoms with Crippen LogP contribution in [0.3, 0.4) is 0 Å². The lowest BCUT2D eigenvalue weighted by Crippen LogP contribution is -2.15. The number of nitrogens with zero attached hydrogens (tertiary/aromatic N) is 2. The van der Waals surface area contributed by atoms with Gasteiger partial charge in [-0.2, -0.15) is 0 Å². The van der Waals surface area contributed by atoms with E-state index in [4.69, 9.17) is 6.42 Å². The largest absolute Gasteiger partial charge is 0.341 e. The number of aryl methyl sites for hydroxylation is 2. The zero-order valence-electron chi connectivity index (χ0n) is 8.83. The minimum atomic E-state index is -0.0403. The third kappa shape index (κ3) is 2.74. The Morgan fingerprint density at radius 2 is 2.29 bits per heavy atom. The highest BCUT2D eigenvalue weighted by molar-refractivity contribution is 5.31. The molecule has 0 aliphatic rings. The Kier molecular flexibility index (Phi) is 3.47. The zero-order chi connectivity index (χ0) is 10.6. The van der Waals surface area contributed by atoms with E-state index in [9.17, 15) is 0 Å². The first-order valence-corrected chi connectivity index (χ1v) is 4.73. The Morgan fingerprint density at radius 3 is 2.86 bits per heavy atom. The molecule has 74 valence electrons. The van der Waals surface area contributed by atoms with Crippen LogP contribution in [0.25, 0.3) is 0 Å². The third-order valence-electron chi connectivity index (χ3n) is 1.87. The van der Waals surface area contributed by atoms with E-state index in [-0.39, 0.29) is 6.04 Å². The molecule has 1 aromatic rings. The molecule has 0 aliphatic carbocycles. The monoisotopic (exact) mass is 189 g/mol. The van der Waals surface area contributed by atoms with Crippen molar-refractivity contribution in [3.63, 3.8) is 0 Å². The fraction of sp³-hybridized carbons (Fsp3) is 0.455. The highest BCUT2D eigenvalue weighted by Crippen LogP contribution is 2.06. The van der Waals surface area contributed by atoms with Gasteiger partial charge in [-0.3, -0.25) is 0 Å². The predicted octanol–water partition coefficient (Wildman–Crippen LogP) is 1.78. The highest BCUT2D eigenvalue weighted by Gasteiger charge is 2.02. The average Bonchev–Trinajstić information content (AvgIpc) is 2.16. The second kappa shape index (κ2) is 4.61. The number of rotatable bonds is 3. The molecule has 0 spiro atoms. The first-order chi connectivity index (χ1) is 6.65. The minimum absolute atomic E-state index is 0.0403. The lowest BCUT2D eigenvalue weighted by molar-refractivity contribution is 0.930. The summed E-state index contributed by atoms with van der Waals surface area (Å²) in [6, 6.07) is 1.94. The normalized spacial score (nSPS) is 11.9. The molecular formula is C11H15N3. The van der Waals surface area contributed by atoms with E-state index in [0.717, 1.165) is 17.8 Å². The molecule has 0 bridgehead atoms. The summed E-state index contributed by atoms with van der Waals surface area (Å²) in [7, 11) is 0. The number of nitrogens with one attached hydrogen (secondary N) is 1. The average molecular weight is 189 g/mol. The van der Waals surface area contributed by atoms with E-state index in [1.165, 1.54) is 0 Å². The van der Waals surface area contributed by atoms with Crippen molar-refractivity contribution < 1.29 is 0 Å². The van der Waals surface area contributed by atoms with E-state index >= 15 is 0 Å². The number of terminal acetylenes is 1. The molecule has 0 saturated heterocycles. The van der Waals surface area contributed by atoms with Gasteiger partial charge in [0, 0.05) is 11.4 Å². The molecule has 0 amide bonds. The van der Waals surface area contributed by atoms with Crippen molar-refractivity contribution >= 4 is 5.95 Å². The molecule has 0 fully saturated rings. The van der Waals surface area contributed by atoms with E-state index in [2.05, 4.69) is 28.1 Å². The fourth-order valence-corrected chi connectivity index (χ4v) is 1.11. The van der Waals surface area contributed by atoms with E-state index in [0.29, 0.717) is 5.95 Å². The van der Waals surface area contributed by atoms with E-state index in [1.807, 2.05) is 19.9 Å². The van der Waals surface area contributed by atoms with Crippen molar-refractivity contribution in [3.05, 3.63) is 17.5 Å². The van der Waals surface area contributed by atoms with Crippen LogP contribution in [0.15, 0.2) is 6.07 Å². The van der Waals surface area contributed by atoms with Crippen LogP contribution in [0.1, 0.15) is 25.2 Å². The number of hydrogen-bond donors (Lipinski definition) is 1. The van der Waals surface area contributed by atoms with Crippen LogP contribution >= 0.6 is 0 Å².